The van der Waals surface area contributed by atoms with Gasteiger partial charge in [0.25, 0.3) is 0 Å². The topological polar surface area (TPSA) is 77.0 Å². The van der Waals surface area contributed by atoms with Crippen LogP contribution < -0.4 is 10.1 Å². The molecule has 2 heterocycles. The predicted molar refractivity (Wildman–Crippen MR) is 118 cm³/mol. The Bertz CT molecular complexity index is 1160. The summed E-state index contributed by atoms with van der Waals surface area (Å²) in [4.78, 5) is 25.3. The quantitative estimate of drug-likeness (QED) is 0.440. The number of thiazole rings is 1. The van der Waals surface area contributed by atoms with Crippen molar-refractivity contribution in [1.29, 1.82) is 0 Å². The maximum atomic E-state index is 11.9. The van der Waals surface area contributed by atoms with Crippen molar-refractivity contribution in [1.82, 2.24) is 15.0 Å². The van der Waals surface area contributed by atoms with Crippen LogP contribution in [0, 0.1) is 0 Å². The molecule has 1 aliphatic carbocycles. The van der Waals surface area contributed by atoms with Gasteiger partial charge in [0.15, 0.2) is 5.13 Å². The molecule has 2 aromatic carbocycles. The fourth-order valence-corrected chi connectivity index (χ4v) is 4.61. The van der Waals surface area contributed by atoms with E-state index in [-0.39, 0.29) is 11.7 Å². The molecule has 0 radical (unpaired) electrons. The van der Waals surface area contributed by atoms with Gasteiger partial charge in [0.05, 0.1) is 10.2 Å². The Morgan fingerprint density at radius 1 is 1.03 bits per heavy atom. The third-order valence-corrected chi connectivity index (χ3v) is 6.13. The first-order valence-electron chi connectivity index (χ1n) is 9.98. The van der Waals surface area contributed by atoms with Crippen LogP contribution in [0.4, 0.5) is 10.8 Å². The van der Waals surface area contributed by atoms with E-state index in [1.165, 1.54) is 0 Å². The lowest BCUT2D eigenvalue weighted by molar-refractivity contribution is -0.120. The molecule has 0 saturated heterocycles. The second kappa shape index (κ2) is 8.20. The second-order valence-corrected chi connectivity index (χ2v) is 8.35. The summed E-state index contributed by atoms with van der Waals surface area (Å²) >= 11 is 1.62. The molecule has 0 amide bonds. The molecule has 1 atom stereocenters. The molecule has 2 aromatic heterocycles. The number of hydrogen-bond acceptors (Lipinski definition) is 7. The van der Waals surface area contributed by atoms with Crippen LogP contribution in [0.15, 0.2) is 60.9 Å². The number of carbonyl (C=O) groups is 1. The zero-order valence-corrected chi connectivity index (χ0v) is 17.1. The molecule has 0 aliphatic heterocycles. The summed E-state index contributed by atoms with van der Waals surface area (Å²) in [6.07, 6.45) is 6.28. The average molecular weight is 417 g/mol. The molecule has 7 heteroatoms. The van der Waals surface area contributed by atoms with Crippen LogP contribution in [0.2, 0.25) is 0 Å². The lowest BCUT2D eigenvalue weighted by atomic mass is 9.86. The maximum absolute atomic E-state index is 11.9. The van der Waals surface area contributed by atoms with Gasteiger partial charge in [-0.1, -0.05) is 23.5 Å². The number of rotatable bonds is 5. The van der Waals surface area contributed by atoms with Gasteiger partial charge in [-0.05, 0) is 49.2 Å². The number of anilines is 2. The minimum Gasteiger partial charge on any atom is -0.437 e. The zero-order chi connectivity index (χ0) is 20.3. The smallest absolute Gasteiger partial charge is 0.241 e. The molecule has 6 nitrogen and oxygen atoms in total. The van der Waals surface area contributed by atoms with Gasteiger partial charge in [0.2, 0.25) is 5.88 Å². The number of fused-ring (bicyclic) bond motifs is 1. The number of nitrogens with one attached hydrogen (secondary N) is 1. The highest BCUT2D eigenvalue weighted by Crippen LogP contribution is 2.35. The van der Waals surface area contributed by atoms with E-state index in [4.69, 9.17) is 4.74 Å². The van der Waals surface area contributed by atoms with Gasteiger partial charge in [-0.3, -0.25) is 9.78 Å². The zero-order valence-electron chi connectivity index (χ0n) is 16.2. The summed E-state index contributed by atoms with van der Waals surface area (Å²) < 4.78 is 7.17. The van der Waals surface area contributed by atoms with Crippen LogP contribution >= 0.6 is 11.3 Å². The van der Waals surface area contributed by atoms with Crippen molar-refractivity contribution in [2.75, 3.05) is 5.32 Å². The van der Waals surface area contributed by atoms with Crippen LogP contribution in [-0.2, 0) is 4.79 Å². The fraction of sp³-hybridized carbons (Fsp3) is 0.217. The summed E-state index contributed by atoms with van der Waals surface area (Å²) in [5.41, 5.74) is 2.68. The molecule has 1 N–H and O–H groups in total. The van der Waals surface area contributed by atoms with Gasteiger partial charge in [-0.2, -0.15) is 0 Å². The fourth-order valence-electron chi connectivity index (χ4n) is 3.72. The van der Waals surface area contributed by atoms with Crippen molar-refractivity contribution >= 4 is 38.2 Å². The summed E-state index contributed by atoms with van der Waals surface area (Å²) in [6, 6.07) is 15.7. The second-order valence-electron chi connectivity index (χ2n) is 7.32. The van der Waals surface area contributed by atoms with Crippen molar-refractivity contribution in [3.05, 3.63) is 66.6 Å². The Morgan fingerprint density at radius 3 is 2.70 bits per heavy atom. The number of benzene rings is 2. The van der Waals surface area contributed by atoms with Gasteiger partial charge < -0.3 is 10.1 Å². The van der Waals surface area contributed by atoms with Gasteiger partial charge in [0.1, 0.15) is 17.2 Å². The Balaban J connectivity index is 1.31. The first-order chi connectivity index (χ1) is 14.7. The number of aromatic nitrogens is 3. The van der Waals surface area contributed by atoms with Gasteiger partial charge in [-0.25, -0.2) is 9.97 Å². The highest BCUT2D eigenvalue weighted by Gasteiger charge is 2.25. The SMILES string of the molecule is O=C1CCCC(c2nccnc2Oc2ccc(Nc3nc4ccccc4s3)cc2)C1. The van der Waals surface area contributed by atoms with E-state index in [0.29, 0.717) is 24.5 Å². The van der Waals surface area contributed by atoms with E-state index in [0.717, 1.165) is 39.6 Å². The largest absolute Gasteiger partial charge is 0.437 e. The number of hydrogen-bond donors (Lipinski definition) is 1. The average Bonchev–Trinajstić information content (AvgIpc) is 3.18. The molecule has 1 saturated carbocycles. The molecule has 150 valence electrons. The number of nitrogens with zero attached hydrogens (tertiary/aromatic N) is 3. The number of ether oxygens (including phenoxy) is 1. The maximum Gasteiger partial charge on any atom is 0.241 e. The summed E-state index contributed by atoms with van der Waals surface area (Å²) in [5.74, 6) is 1.51. The van der Waals surface area contributed by atoms with Crippen LogP contribution in [0.3, 0.4) is 0 Å². The highest BCUT2D eigenvalue weighted by molar-refractivity contribution is 7.22. The number of para-hydroxylation sites is 1. The van der Waals surface area contributed by atoms with Gasteiger partial charge >= 0.3 is 0 Å². The van der Waals surface area contributed by atoms with Crippen LogP contribution in [0.25, 0.3) is 10.2 Å². The molecule has 30 heavy (non-hydrogen) atoms. The number of carbonyl (C=O) groups excluding carboxylic acids is 1. The highest BCUT2D eigenvalue weighted by atomic mass is 32.1. The van der Waals surface area contributed by atoms with Gasteiger partial charge in [0, 0.05) is 36.8 Å². The van der Waals surface area contributed by atoms with E-state index in [1.807, 2.05) is 42.5 Å². The van der Waals surface area contributed by atoms with E-state index in [2.05, 4.69) is 26.3 Å². The van der Waals surface area contributed by atoms with E-state index in [1.54, 1.807) is 23.7 Å². The minimum absolute atomic E-state index is 0.0786. The van der Waals surface area contributed by atoms with Gasteiger partial charge in [-0.15, -0.1) is 0 Å². The predicted octanol–water partition coefficient (Wildman–Crippen LogP) is 5.85. The monoisotopic (exact) mass is 416 g/mol. The Morgan fingerprint density at radius 2 is 1.87 bits per heavy atom. The lowest BCUT2D eigenvalue weighted by Crippen LogP contribution is -2.15. The Kier molecular flexibility index (Phi) is 5.11. The Labute approximate surface area is 178 Å². The molecular formula is C23H20N4O2S. The van der Waals surface area contributed by atoms with Crippen molar-refractivity contribution < 1.29 is 9.53 Å². The van der Waals surface area contributed by atoms with E-state index >= 15 is 0 Å². The van der Waals surface area contributed by atoms with Crippen LogP contribution in [-0.4, -0.2) is 20.7 Å². The standard InChI is InChI=1S/C23H20N4O2S/c28-17-5-3-4-15(14-17)21-22(25-13-12-24-21)29-18-10-8-16(9-11-18)26-23-27-19-6-1-2-7-20(19)30-23/h1-2,6-13,15H,3-5,14H2,(H,26,27). The minimum atomic E-state index is 0.0786. The molecule has 4 aromatic rings. The third-order valence-electron chi connectivity index (χ3n) is 5.17. The molecule has 1 unspecified atom stereocenters. The summed E-state index contributed by atoms with van der Waals surface area (Å²) in [6.45, 7) is 0. The molecule has 5 rings (SSSR count). The number of ketones is 1. The van der Waals surface area contributed by atoms with Crippen molar-refractivity contribution in [3.63, 3.8) is 0 Å². The van der Waals surface area contributed by atoms with Crippen LogP contribution in [0.1, 0.15) is 37.3 Å². The van der Waals surface area contributed by atoms with Crippen molar-refractivity contribution in [3.8, 4) is 11.6 Å². The van der Waals surface area contributed by atoms with E-state index < -0.39 is 0 Å². The number of Topliss-reactive ketones (excluding diaryl/α,β-unsaturated/α-hetero) is 1. The normalized spacial score (nSPS) is 16.5. The third kappa shape index (κ3) is 4.02. The lowest BCUT2D eigenvalue weighted by Gasteiger charge is -2.21. The molecule has 0 spiro atoms. The summed E-state index contributed by atoms with van der Waals surface area (Å²) in [7, 11) is 0. The van der Waals surface area contributed by atoms with Crippen molar-refractivity contribution in [2.45, 2.75) is 31.6 Å². The molecule has 0 bridgehead atoms. The van der Waals surface area contributed by atoms with Crippen LogP contribution in [0.5, 0.6) is 11.6 Å². The van der Waals surface area contributed by atoms with Crippen molar-refractivity contribution in [2.24, 2.45) is 0 Å². The first-order valence-corrected chi connectivity index (χ1v) is 10.8. The Hall–Kier alpha value is -3.32. The van der Waals surface area contributed by atoms with E-state index in [9.17, 15) is 4.79 Å². The summed E-state index contributed by atoms with van der Waals surface area (Å²) in [5, 5.41) is 4.19. The first kappa shape index (κ1) is 18.7. The molecule has 1 aliphatic rings. The molecule has 1 fully saturated rings. The molecular weight excluding hydrogens is 396 g/mol.